The second-order valence-electron chi connectivity index (χ2n) is 3.42. The largest absolute Gasteiger partial charge is 0.339 e. The zero-order chi connectivity index (χ0) is 13.1. The monoisotopic (exact) mass is 302 g/mol. The molecule has 2 aromatic rings. The Kier molecular flexibility index (Phi) is 4.14. The van der Waals surface area contributed by atoms with Crippen molar-refractivity contribution in [2.75, 3.05) is 10.7 Å². The molecule has 2 rings (SSSR count). The highest BCUT2D eigenvalue weighted by Crippen LogP contribution is 2.33. The molecule has 0 fully saturated rings. The number of nitrogens with two attached hydrogens (primary N) is 1. The Labute approximate surface area is 119 Å². The number of hydrogen-bond acceptors (Lipinski definition) is 4. The van der Waals surface area contributed by atoms with Gasteiger partial charge in [0.25, 0.3) is 0 Å². The van der Waals surface area contributed by atoms with E-state index in [1.807, 2.05) is 0 Å². The summed E-state index contributed by atoms with van der Waals surface area (Å²) < 4.78 is 0. The molecule has 0 bridgehead atoms. The molecule has 4 N–H and O–H groups in total. The summed E-state index contributed by atoms with van der Waals surface area (Å²) in [5.74, 6) is 6.41. The molecule has 0 unspecified atom stereocenters. The number of rotatable bonds is 3. The molecule has 0 amide bonds. The molecule has 0 aliphatic rings. The Morgan fingerprint density at radius 1 is 0.944 bits per heavy atom. The van der Waals surface area contributed by atoms with Crippen LogP contribution in [0.1, 0.15) is 0 Å². The van der Waals surface area contributed by atoms with Gasteiger partial charge in [0.1, 0.15) is 11.6 Å². The molecular weight excluding hydrogens is 295 g/mol. The van der Waals surface area contributed by atoms with Gasteiger partial charge in [0.15, 0.2) is 0 Å². The maximum absolute atomic E-state index is 6.05. The van der Waals surface area contributed by atoms with Gasteiger partial charge in [-0.15, -0.1) is 0 Å². The van der Waals surface area contributed by atoms with Gasteiger partial charge in [-0.05, 0) is 24.3 Å². The van der Waals surface area contributed by atoms with Crippen LogP contribution < -0.4 is 16.6 Å². The number of nitrogen functional groups attached to an aromatic ring is 1. The number of hydrogen-bond donors (Lipinski definition) is 3. The Morgan fingerprint density at radius 3 is 2.33 bits per heavy atom. The SMILES string of the molecule is NNc1cccc(Nc2cc(Cl)c(Cl)cc2Cl)n1. The first kappa shape index (κ1) is 13.2. The van der Waals surface area contributed by atoms with Gasteiger partial charge in [-0.25, -0.2) is 10.8 Å². The molecule has 0 atom stereocenters. The number of nitrogens with one attached hydrogen (secondary N) is 2. The average molecular weight is 304 g/mol. The van der Waals surface area contributed by atoms with E-state index in [-0.39, 0.29) is 0 Å². The number of hydrazine groups is 1. The van der Waals surface area contributed by atoms with Gasteiger partial charge >= 0.3 is 0 Å². The van der Waals surface area contributed by atoms with E-state index in [1.54, 1.807) is 30.3 Å². The summed E-state index contributed by atoms with van der Waals surface area (Å²) in [6, 6.07) is 8.52. The number of pyridine rings is 1. The van der Waals surface area contributed by atoms with Gasteiger partial charge in [0.2, 0.25) is 0 Å². The van der Waals surface area contributed by atoms with Crippen molar-refractivity contribution < 1.29 is 0 Å². The van der Waals surface area contributed by atoms with E-state index in [9.17, 15) is 0 Å². The van der Waals surface area contributed by atoms with Crippen molar-refractivity contribution in [2.45, 2.75) is 0 Å². The van der Waals surface area contributed by atoms with E-state index < -0.39 is 0 Å². The molecule has 7 heteroatoms. The van der Waals surface area contributed by atoms with Gasteiger partial charge in [-0.3, -0.25) is 0 Å². The number of aromatic nitrogens is 1. The van der Waals surface area contributed by atoms with E-state index in [0.717, 1.165) is 0 Å². The van der Waals surface area contributed by atoms with Crippen molar-refractivity contribution in [1.82, 2.24) is 4.98 Å². The Morgan fingerprint density at radius 2 is 1.61 bits per heavy atom. The topological polar surface area (TPSA) is 63.0 Å². The third-order valence-electron chi connectivity index (χ3n) is 2.17. The van der Waals surface area contributed by atoms with Crippen LogP contribution in [-0.2, 0) is 0 Å². The summed E-state index contributed by atoms with van der Waals surface area (Å²) in [6.45, 7) is 0. The van der Waals surface area contributed by atoms with Crippen LogP contribution in [0.15, 0.2) is 30.3 Å². The predicted molar refractivity (Wildman–Crippen MR) is 76.8 cm³/mol. The van der Waals surface area contributed by atoms with Crippen molar-refractivity contribution >= 4 is 52.1 Å². The second-order valence-corrected chi connectivity index (χ2v) is 4.65. The molecule has 0 saturated carbocycles. The van der Waals surface area contributed by atoms with E-state index in [4.69, 9.17) is 40.6 Å². The summed E-state index contributed by atoms with van der Waals surface area (Å²) in [7, 11) is 0. The van der Waals surface area contributed by atoms with Crippen LogP contribution in [0.3, 0.4) is 0 Å². The van der Waals surface area contributed by atoms with Crippen LogP contribution in [0.25, 0.3) is 0 Å². The summed E-state index contributed by atoms with van der Waals surface area (Å²) in [5.41, 5.74) is 3.08. The van der Waals surface area contributed by atoms with E-state index >= 15 is 0 Å². The van der Waals surface area contributed by atoms with Gasteiger partial charge < -0.3 is 10.7 Å². The van der Waals surface area contributed by atoms with Gasteiger partial charge in [-0.1, -0.05) is 40.9 Å². The van der Waals surface area contributed by atoms with Crippen LogP contribution in [0.5, 0.6) is 0 Å². The molecule has 94 valence electrons. The highest BCUT2D eigenvalue weighted by Gasteiger charge is 2.07. The fourth-order valence-electron chi connectivity index (χ4n) is 1.34. The third-order valence-corrected chi connectivity index (χ3v) is 3.20. The summed E-state index contributed by atoms with van der Waals surface area (Å²) in [6.07, 6.45) is 0. The molecular formula is C11H9Cl3N4. The summed E-state index contributed by atoms with van der Waals surface area (Å²) in [5, 5.41) is 4.30. The van der Waals surface area contributed by atoms with Gasteiger partial charge in [0, 0.05) is 0 Å². The Hall–Kier alpha value is -1.20. The molecule has 18 heavy (non-hydrogen) atoms. The minimum Gasteiger partial charge on any atom is -0.339 e. The molecule has 0 radical (unpaired) electrons. The number of nitrogens with zero attached hydrogens (tertiary/aromatic N) is 1. The molecule has 1 aromatic heterocycles. The minimum atomic E-state index is 0.401. The second kappa shape index (κ2) is 5.63. The molecule has 4 nitrogen and oxygen atoms in total. The van der Waals surface area contributed by atoms with Crippen LogP contribution in [0.2, 0.25) is 15.1 Å². The number of benzene rings is 1. The van der Waals surface area contributed by atoms with Crippen molar-refractivity contribution in [3.63, 3.8) is 0 Å². The van der Waals surface area contributed by atoms with Crippen LogP contribution in [0.4, 0.5) is 17.3 Å². The number of halogens is 3. The zero-order valence-electron chi connectivity index (χ0n) is 9.05. The van der Waals surface area contributed by atoms with Crippen molar-refractivity contribution in [3.05, 3.63) is 45.4 Å². The lowest BCUT2D eigenvalue weighted by molar-refractivity contribution is 1.22. The van der Waals surface area contributed by atoms with E-state index in [1.165, 1.54) is 0 Å². The quantitative estimate of drug-likeness (QED) is 0.454. The smallest absolute Gasteiger partial charge is 0.142 e. The Bertz CT molecular complexity index is 574. The number of anilines is 3. The molecule has 0 spiro atoms. The minimum absolute atomic E-state index is 0.401. The first-order valence-electron chi connectivity index (χ1n) is 4.95. The van der Waals surface area contributed by atoms with E-state index in [2.05, 4.69) is 15.7 Å². The normalized spacial score (nSPS) is 10.2. The fourth-order valence-corrected chi connectivity index (χ4v) is 1.94. The molecule has 0 aliphatic carbocycles. The van der Waals surface area contributed by atoms with E-state index in [0.29, 0.717) is 32.4 Å². The van der Waals surface area contributed by atoms with Gasteiger partial charge in [-0.2, -0.15) is 0 Å². The lowest BCUT2D eigenvalue weighted by Crippen LogP contribution is -2.09. The van der Waals surface area contributed by atoms with Gasteiger partial charge in [0.05, 0.1) is 20.8 Å². The molecule has 1 aromatic carbocycles. The van der Waals surface area contributed by atoms with Crippen LogP contribution in [0, 0.1) is 0 Å². The first-order valence-corrected chi connectivity index (χ1v) is 6.09. The average Bonchev–Trinajstić information content (AvgIpc) is 2.36. The highest BCUT2D eigenvalue weighted by atomic mass is 35.5. The van der Waals surface area contributed by atoms with Crippen molar-refractivity contribution in [2.24, 2.45) is 5.84 Å². The summed E-state index contributed by atoms with van der Waals surface area (Å²) in [4.78, 5) is 4.20. The maximum Gasteiger partial charge on any atom is 0.142 e. The van der Waals surface area contributed by atoms with Crippen LogP contribution in [-0.4, -0.2) is 4.98 Å². The van der Waals surface area contributed by atoms with Crippen molar-refractivity contribution in [3.8, 4) is 0 Å². The Balaban J connectivity index is 2.30. The molecule has 0 saturated heterocycles. The third kappa shape index (κ3) is 2.97. The molecule has 1 heterocycles. The lowest BCUT2D eigenvalue weighted by atomic mass is 10.3. The fraction of sp³-hybridized carbons (Fsp3) is 0. The highest BCUT2D eigenvalue weighted by molar-refractivity contribution is 6.44. The van der Waals surface area contributed by atoms with Crippen LogP contribution >= 0.6 is 34.8 Å². The standard InChI is InChI=1S/C11H9Cl3N4/c12-6-4-8(14)9(5-7(6)13)16-10-2-1-3-11(17-10)18-15/h1-5H,15H2,(H2,16,17,18). The predicted octanol–water partition coefficient (Wildman–Crippen LogP) is 4.07. The molecule has 0 aliphatic heterocycles. The zero-order valence-corrected chi connectivity index (χ0v) is 11.3. The van der Waals surface area contributed by atoms with Crippen molar-refractivity contribution in [1.29, 1.82) is 0 Å². The lowest BCUT2D eigenvalue weighted by Gasteiger charge is -2.10. The maximum atomic E-state index is 6.05. The summed E-state index contributed by atoms with van der Waals surface area (Å²) >= 11 is 17.8. The first-order chi connectivity index (χ1) is 8.60.